The quantitative estimate of drug-likeness (QED) is 0.262. The predicted octanol–water partition coefficient (Wildman–Crippen LogP) is 4.49. The number of nitrogens with two attached hydrogens (primary N) is 1. The molecule has 0 spiro atoms. The van der Waals surface area contributed by atoms with Crippen molar-refractivity contribution in [2.24, 2.45) is 16.2 Å². The number of carbonyl (C=O) groups excluding carboxylic acids is 1. The molecule has 1 aromatic heterocycles. The highest BCUT2D eigenvalue weighted by Gasteiger charge is 2.16. The van der Waals surface area contributed by atoms with Gasteiger partial charge in [-0.2, -0.15) is 0 Å². The first-order chi connectivity index (χ1) is 11.1. The van der Waals surface area contributed by atoms with Crippen LogP contribution in [0.5, 0.6) is 0 Å². The minimum absolute atomic E-state index is 0.100. The van der Waals surface area contributed by atoms with Crippen molar-refractivity contribution in [1.82, 2.24) is 0 Å². The van der Waals surface area contributed by atoms with Crippen LogP contribution in [0.1, 0.15) is 16.9 Å². The maximum absolute atomic E-state index is 13.0. The third-order valence-electron chi connectivity index (χ3n) is 2.60. The van der Waals surface area contributed by atoms with Crippen LogP contribution in [-0.2, 0) is 10.5 Å². The van der Waals surface area contributed by atoms with Gasteiger partial charge < -0.3 is 11.2 Å². The zero-order chi connectivity index (χ0) is 17.1. The van der Waals surface area contributed by atoms with E-state index in [-0.39, 0.29) is 12.0 Å². The molecule has 1 amide bonds. The number of rotatable bonds is 6. The average Bonchev–Trinajstić information content (AvgIpc) is 3.07. The lowest BCUT2D eigenvalue weighted by Gasteiger charge is -2.13. The van der Waals surface area contributed by atoms with Crippen molar-refractivity contribution in [2.45, 2.75) is 17.1 Å². The van der Waals surface area contributed by atoms with Crippen LogP contribution >= 0.6 is 23.1 Å². The molecule has 0 aliphatic rings. The van der Waals surface area contributed by atoms with Crippen molar-refractivity contribution in [3.05, 3.63) is 46.2 Å². The number of hydrogen-bond acceptors (Lipinski definition) is 5. The van der Waals surface area contributed by atoms with E-state index in [9.17, 15) is 8.78 Å². The Balaban J connectivity index is 0.000000463. The van der Waals surface area contributed by atoms with Gasteiger partial charge >= 0.3 is 0 Å². The second-order valence-corrected chi connectivity index (χ2v) is 6.00. The number of thiophene rings is 1. The Hall–Kier alpha value is -2.00. The number of nitrogens with one attached hydrogen (secondary N) is 1. The van der Waals surface area contributed by atoms with Crippen molar-refractivity contribution < 1.29 is 13.6 Å². The van der Waals surface area contributed by atoms with E-state index in [0.717, 1.165) is 11.4 Å². The van der Waals surface area contributed by atoms with Crippen LogP contribution in [-0.4, -0.2) is 13.5 Å². The number of halogens is 2. The third kappa shape index (κ3) is 6.33. The molecule has 1 heterocycles. The molecule has 0 fully saturated rings. The molecule has 2 aromatic rings. The fourth-order valence-corrected chi connectivity index (χ4v) is 3.62. The van der Waals surface area contributed by atoms with Gasteiger partial charge in [-0.3, -0.25) is 4.79 Å². The molecule has 0 bridgehead atoms. The number of thioether (sulfide) groups is 1. The number of hydrogen-bond donors (Lipinski definition) is 2. The molecule has 23 heavy (non-hydrogen) atoms. The van der Waals surface area contributed by atoms with Crippen LogP contribution in [0.2, 0.25) is 0 Å². The smallest absolute Gasteiger partial charge is 0.265 e. The molecule has 3 N–H and O–H groups in total. The highest BCUT2D eigenvalue weighted by molar-refractivity contribution is 7.98. The summed E-state index contributed by atoms with van der Waals surface area (Å²) in [6, 6.07) is 8.95. The number of alkyl halides is 2. The fourth-order valence-electron chi connectivity index (χ4n) is 1.65. The molecule has 9 heteroatoms. The van der Waals surface area contributed by atoms with Gasteiger partial charge in [0.1, 0.15) is 0 Å². The minimum Gasteiger partial charge on any atom is -0.387 e. The van der Waals surface area contributed by atoms with E-state index in [1.807, 2.05) is 23.6 Å². The third-order valence-corrected chi connectivity index (χ3v) is 4.86. The number of amides is 1. The Kier molecular flexibility index (Phi) is 8.85. The summed E-state index contributed by atoms with van der Waals surface area (Å²) in [7, 11) is 1.75. The van der Waals surface area contributed by atoms with Crippen LogP contribution < -0.4 is 11.2 Å². The van der Waals surface area contributed by atoms with Gasteiger partial charge in [-0.05, 0) is 17.5 Å². The standard InChI is InChI=1S/C13H13F2NS2.CH3N3O/c1-16-11-6-2-5-10(13(14)15)12(11)18-8-9-4-3-7-17-9;2-4-3-1-5/h2-7,13,16H,8H2,1H3;1H,(H2,2,3,5). The first kappa shape index (κ1) is 19.0. The van der Waals surface area contributed by atoms with Crippen molar-refractivity contribution in [3.63, 3.8) is 0 Å². The molecule has 0 atom stereocenters. The summed E-state index contributed by atoms with van der Waals surface area (Å²) in [5.74, 6) is 5.08. The Morgan fingerprint density at radius 2 is 2.17 bits per heavy atom. The first-order valence-corrected chi connectivity index (χ1v) is 8.28. The van der Waals surface area contributed by atoms with Gasteiger partial charge in [-0.1, -0.05) is 28.5 Å². The molecule has 0 saturated heterocycles. The number of benzene rings is 1. The summed E-state index contributed by atoms with van der Waals surface area (Å²) in [5, 5.41) is 10.3. The Labute approximate surface area is 141 Å². The molecule has 0 aliphatic carbocycles. The van der Waals surface area contributed by atoms with Crippen molar-refractivity contribution in [3.8, 4) is 0 Å². The van der Waals surface area contributed by atoms with Gasteiger partial charge in [0.15, 0.2) is 0 Å². The van der Waals surface area contributed by atoms with Gasteiger partial charge in [0.2, 0.25) is 0 Å². The molecule has 0 saturated carbocycles. The second-order valence-electron chi connectivity index (χ2n) is 3.98. The molecule has 5 nitrogen and oxygen atoms in total. The van der Waals surface area contributed by atoms with E-state index in [1.165, 1.54) is 22.7 Å². The van der Waals surface area contributed by atoms with Crippen molar-refractivity contribution in [2.75, 3.05) is 12.4 Å². The molecule has 124 valence electrons. The molecule has 0 unspecified atom stereocenters. The fraction of sp³-hybridized carbons (Fsp3) is 0.214. The van der Waals surface area contributed by atoms with E-state index in [2.05, 4.69) is 21.5 Å². The van der Waals surface area contributed by atoms with Crippen LogP contribution in [0, 0.1) is 0 Å². The van der Waals surface area contributed by atoms with E-state index in [4.69, 9.17) is 4.79 Å². The minimum atomic E-state index is -2.44. The highest BCUT2D eigenvalue weighted by Crippen LogP contribution is 2.38. The predicted molar refractivity (Wildman–Crippen MR) is 89.9 cm³/mol. The summed E-state index contributed by atoms with van der Waals surface area (Å²) in [4.78, 5) is 10.9. The maximum atomic E-state index is 13.0. The van der Waals surface area contributed by atoms with E-state index >= 15 is 0 Å². The Morgan fingerprint density at radius 1 is 1.39 bits per heavy atom. The largest absolute Gasteiger partial charge is 0.387 e. The summed E-state index contributed by atoms with van der Waals surface area (Å²) < 4.78 is 25.9. The van der Waals surface area contributed by atoms with Crippen LogP contribution in [0.15, 0.2) is 50.9 Å². The lowest BCUT2D eigenvalue weighted by Crippen LogP contribution is -1.96. The molecular formula is C14H16F2N4OS2. The average molecular weight is 358 g/mol. The van der Waals surface area contributed by atoms with E-state index in [1.54, 1.807) is 24.5 Å². The van der Waals surface area contributed by atoms with Crippen molar-refractivity contribution in [1.29, 1.82) is 0 Å². The summed E-state index contributed by atoms with van der Waals surface area (Å²) in [5.41, 5.74) is 0.859. The Bertz CT molecular complexity index is 621. The number of carbonyl (C=O) groups is 1. The number of anilines is 1. The topological polar surface area (TPSA) is 79.8 Å². The molecule has 2 rings (SSSR count). The lowest BCUT2D eigenvalue weighted by molar-refractivity contribution is -0.107. The normalized spacial score (nSPS) is 10.4. The second kappa shape index (κ2) is 10.7. The van der Waals surface area contributed by atoms with Gasteiger partial charge in [-0.25, -0.2) is 8.78 Å². The summed E-state index contributed by atoms with van der Waals surface area (Å²) >= 11 is 3.09. The zero-order valence-corrected chi connectivity index (χ0v) is 13.9. The van der Waals surface area contributed by atoms with Gasteiger partial charge in [-0.15, -0.1) is 23.1 Å². The molecule has 0 radical (unpaired) electrons. The van der Waals surface area contributed by atoms with Crippen LogP contribution in [0.3, 0.4) is 0 Å². The Morgan fingerprint density at radius 3 is 2.65 bits per heavy atom. The SMILES string of the molecule is CNc1cccc(C(F)F)c1SCc1cccs1.NN=NC=O. The van der Waals surface area contributed by atoms with Gasteiger partial charge in [0.25, 0.3) is 12.8 Å². The zero-order valence-electron chi connectivity index (χ0n) is 12.3. The van der Waals surface area contributed by atoms with Gasteiger partial charge in [0, 0.05) is 33.8 Å². The van der Waals surface area contributed by atoms with Crippen LogP contribution in [0.25, 0.3) is 0 Å². The highest BCUT2D eigenvalue weighted by atomic mass is 32.2. The molecular weight excluding hydrogens is 342 g/mol. The van der Waals surface area contributed by atoms with Crippen molar-refractivity contribution >= 4 is 35.2 Å². The first-order valence-electron chi connectivity index (χ1n) is 6.41. The summed E-state index contributed by atoms with van der Waals surface area (Å²) in [6.45, 7) is 0. The maximum Gasteiger partial charge on any atom is 0.265 e. The van der Waals surface area contributed by atoms with Crippen LogP contribution in [0.4, 0.5) is 14.5 Å². The van der Waals surface area contributed by atoms with Gasteiger partial charge in [0.05, 0.1) is 0 Å². The number of nitrogens with zero attached hydrogens (tertiary/aromatic N) is 2. The summed E-state index contributed by atoms with van der Waals surface area (Å²) in [6.07, 6.45) is -2.18. The van der Waals surface area contributed by atoms with E-state index in [0.29, 0.717) is 4.90 Å². The molecule has 1 aromatic carbocycles. The monoisotopic (exact) mass is 358 g/mol. The lowest BCUT2D eigenvalue weighted by atomic mass is 10.2. The van der Waals surface area contributed by atoms with E-state index < -0.39 is 6.43 Å². The molecule has 0 aliphatic heterocycles.